The lowest BCUT2D eigenvalue weighted by Crippen LogP contribution is -2.42. The van der Waals surface area contributed by atoms with Crippen molar-refractivity contribution in [2.24, 2.45) is 5.10 Å². The van der Waals surface area contributed by atoms with Crippen molar-refractivity contribution in [3.05, 3.63) is 59.7 Å². The molecule has 21 heavy (non-hydrogen) atoms. The summed E-state index contributed by atoms with van der Waals surface area (Å²) >= 11 is 0. The quantitative estimate of drug-likeness (QED) is 0.842. The maximum Gasteiger partial charge on any atom is 0.278 e. The van der Waals surface area contributed by atoms with E-state index in [0.717, 1.165) is 5.69 Å². The number of nitrogens with one attached hydrogen (secondary N) is 1. The van der Waals surface area contributed by atoms with Gasteiger partial charge in [0.1, 0.15) is 11.9 Å². The van der Waals surface area contributed by atoms with Gasteiger partial charge in [0.2, 0.25) is 0 Å². The molecule has 0 aromatic heterocycles. The van der Waals surface area contributed by atoms with Crippen LogP contribution in [0.2, 0.25) is 0 Å². The van der Waals surface area contributed by atoms with E-state index in [2.05, 4.69) is 10.4 Å². The molecule has 0 aliphatic carbocycles. The van der Waals surface area contributed by atoms with E-state index in [1.54, 1.807) is 18.2 Å². The number of rotatable bonds is 1. The molecule has 0 spiro atoms. The number of benzene rings is 2. The van der Waals surface area contributed by atoms with Crippen LogP contribution >= 0.6 is 0 Å². The van der Waals surface area contributed by atoms with Crippen molar-refractivity contribution in [2.75, 3.05) is 5.32 Å². The minimum atomic E-state index is -0.193. The molecular formula is C16H13N3O2. The number of para-hydroxylation sites is 2. The van der Waals surface area contributed by atoms with Crippen LogP contribution in [0.15, 0.2) is 53.6 Å². The third-order valence-electron chi connectivity index (χ3n) is 3.81. The molecule has 2 heterocycles. The highest BCUT2D eigenvalue weighted by Gasteiger charge is 2.37. The number of anilines is 1. The van der Waals surface area contributed by atoms with Crippen LogP contribution in [0.4, 0.5) is 5.69 Å². The Morgan fingerprint density at radius 3 is 2.62 bits per heavy atom. The van der Waals surface area contributed by atoms with E-state index >= 15 is 0 Å². The fourth-order valence-electron chi connectivity index (χ4n) is 2.79. The summed E-state index contributed by atoms with van der Waals surface area (Å²) in [5.41, 5.74) is 2.84. The average Bonchev–Trinajstić information content (AvgIpc) is 2.92. The molecule has 5 heteroatoms. The molecule has 4 rings (SSSR count). The Morgan fingerprint density at radius 2 is 1.81 bits per heavy atom. The summed E-state index contributed by atoms with van der Waals surface area (Å²) in [5, 5.41) is 19.1. The van der Waals surface area contributed by atoms with E-state index in [1.807, 2.05) is 30.3 Å². The van der Waals surface area contributed by atoms with Gasteiger partial charge in [0.15, 0.2) is 0 Å². The van der Waals surface area contributed by atoms with E-state index in [-0.39, 0.29) is 17.8 Å². The number of hydrogen-bond donors (Lipinski definition) is 2. The SMILES string of the molecule is O=C1c2ccccc2N[C@H]2CC(c3ccccc3O)=NN12. The van der Waals surface area contributed by atoms with Gasteiger partial charge in [-0.3, -0.25) is 4.79 Å². The first-order valence-corrected chi connectivity index (χ1v) is 6.79. The van der Waals surface area contributed by atoms with E-state index in [9.17, 15) is 9.90 Å². The van der Waals surface area contributed by atoms with Crippen LogP contribution in [-0.4, -0.2) is 27.9 Å². The van der Waals surface area contributed by atoms with Gasteiger partial charge in [-0.2, -0.15) is 5.10 Å². The van der Waals surface area contributed by atoms with Gasteiger partial charge in [-0.25, -0.2) is 5.01 Å². The lowest BCUT2D eigenvalue weighted by Gasteiger charge is -2.29. The van der Waals surface area contributed by atoms with Crippen LogP contribution in [0.3, 0.4) is 0 Å². The number of hydrazone groups is 1. The number of carbonyl (C=O) groups excluding carboxylic acids is 1. The molecule has 0 unspecified atom stereocenters. The molecule has 2 aliphatic rings. The number of phenolic OH excluding ortho intramolecular Hbond substituents is 1. The fourth-order valence-corrected chi connectivity index (χ4v) is 2.79. The molecule has 2 aliphatic heterocycles. The number of nitrogens with zero attached hydrogens (tertiary/aromatic N) is 2. The molecule has 0 saturated heterocycles. The van der Waals surface area contributed by atoms with Crippen LogP contribution in [0, 0.1) is 0 Å². The number of amides is 1. The van der Waals surface area contributed by atoms with Crippen molar-refractivity contribution in [1.29, 1.82) is 0 Å². The van der Waals surface area contributed by atoms with Crippen molar-refractivity contribution in [3.8, 4) is 5.75 Å². The van der Waals surface area contributed by atoms with Crippen LogP contribution in [0.25, 0.3) is 0 Å². The van der Waals surface area contributed by atoms with Gasteiger partial charge in [0.25, 0.3) is 5.91 Å². The maximum atomic E-state index is 12.5. The summed E-state index contributed by atoms with van der Waals surface area (Å²) in [7, 11) is 0. The first-order chi connectivity index (χ1) is 10.2. The van der Waals surface area contributed by atoms with Gasteiger partial charge in [0, 0.05) is 17.7 Å². The van der Waals surface area contributed by atoms with Crippen LogP contribution in [0.1, 0.15) is 22.3 Å². The number of carbonyl (C=O) groups is 1. The number of phenols is 1. The van der Waals surface area contributed by atoms with Gasteiger partial charge in [-0.1, -0.05) is 24.3 Å². The first kappa shape index (κ1) is 12.0. The van der Waals surface area contributed by atoms with Crippen LogP contribution in [0.5, 0.6) is 5.75 Å². The highest BCUT2D eigenvalue weighted by molar-refractivity contribution is 6.09. The minimum absolute atomic E-state index is 0.111. The van der Waals surface area contributed by atoms with E-state index in [1.165, 1.54) is 5.01 Å². The average molecular weight is 279 g/mol. The number of fused-ring (bicyclic) bond motifs is 2. The Hall–Kier alpha value is -2.82. The molecule has 2 N–H and O–H groups in total. The Morgan fingerprint density at radius 1 is 1.10 bits per heavy atom. The van der Waals surface area contributed by atoms with Crippen molar-refractivity contribution >= 4 is 17.3 Å². The van der Waals surface area contributed by atoms with Gasteiger partial charge < -0.3 is 10.4 Å². The molecule has 1 atom stereocenters. The van der Waals surface area contributed by atoms with Crippen molar-refractivity contribution in [1.82, 2.24) is 5.01 Å². The highest BCUT2D eigenvalue weighted by atomic mass is 16.3. The standard InChI is InChI=1S/C16H13N3O2/c20-14-8-4-2-5-10(14)13-9-15-17-12-7-3-1-6-11(12)16(21)19(15)18-13/h1-8,15,17,20H,9H2/t15-/m1/s1. The molecule has 0 fully saturated rings. The van der Waals surface area contributed by atoms with Gasteiger partial charge in [0.05, 0.1) is 11.3 Å². The van der Waals surface area contributed by atoms with Crippen molar-refractivity contribution in [3.63, 3.8) is 0 Å². The summed E-state index contributed by atoms with van der Waals surface area (Å²) < 4.78 is 0. The van der Waals surface area contributed by atoms with E-state index in [0.29, 0.717) is 23.3 Å². The molecule has 2 aromatic carbocycles. The van der Waals surface area contributed by atoms with Crippen molar-refractivity contribution < 1.29 is 9.90 Å². The second kappa shape index (κ2) is 4.34. The summed E-state index contributed by atoms with van der Waals surface area (Å²) in [6.45, 7) is 0. The Labute approximate surface area is 121 Å². The molecule has 0 radical (unpaired) electrons. The zero-order valence-electron chi connectivity index (χ0n) is 11.2. The van der Waals surface area contributed by atoms with Gasteiger partial charge in [-0.15, -0.1) is 0 Å². The molecule has 5 nitrogen and oxygen atoms in total. The normalized spacial score (nSPS) is 19.6. The van der Waals surface area contributed by atoms with Gasteiger partial charge >= 0.3 is 0 Å². The Bertz CT molecular complexity index is 770. The molecule has 0 bridgehead atoms. The Kier molecular flexibility index (Phi) is 2.47. The minimum Gasteiger partial charge on any atom is -0.507 e. The monoisotopic (exact) mass is 279 g/mol. The van der Waals surface area contributed by atoms with Crippen LogP contribution < -0.4 is 5.32 Å². The lowest BCUT2D eigenvalue weighted by atomic mass is 10.0. The second-order valence-electron chi connectivity index (χ2n) is 5.12. The summed E-state index contributed by atoms with van der Waals surface area (Å²) in [4.78, 5) is 12.5. The third-order valence-corrected chi connectivity index (χ3v) is 3.81. The summed E-state index contributed by atoms with van der Waals surface area (Å²) in [5.74, 6) is 0.0702. The van der Waals surface area contributed by atoms with E-state index in [4.69, 9.17) is 0 Å². The smallest absolute Gasteiger partial charge is 0.278 e. The largest absolute Gasteiger partial charge is 0.507 e. The Balaban J connectivity index is 1.73. The van der Waals surface area contributed by atoms with E-state index < -0.39 is 0 Å². The molecule has 1 amide bonds. The maximum absolute atomic E-state index is 12.5. The van der Waals surface area contributed by atoms with Crippen molar-refractivity contribution in [2.45, 2.75) is 12.6 Å². The summed E-state index contributed by atoms with van der Waals surface area (Å²) in [6, 6.07) is 14.5. The topological polar surface area (TPSA) is 64.9 Å². The first-order valence-electron chi connectivity index (χ1n) is 6.79. The number of aromatic hydroxyl groups is 1. The zero-order valence-corrected chi connectivity index (χ0v) is 11.2. The number of hydrogen-bond acceptors (Lipinski definition) is 4. The predicted molar refractivity (Wildman–Crippen MR) is 79.3 cm³/mol. The molecule has 104 valence electrons. The molecular weight excluding hydrogens is 266 g/mol. The second-order valence-corrected chi connectivity index (χ2v) is 5.12. The molecule has 2 aromatic rings. The molecule has 0 saturated carbocycles. The summed E-state index contributed by atoms with van der Waals surface area (Å²) in [6.07, 6.45) is 0.375. The van der Waals surface area contributed by atoms with Gasteiger partial charge in [-0.05, 0) is 24.3 Å². The lowest BCUT2D eigenvalue weighted by molar-refractivity contribution is 0.0718. The predicted octanol–water partition coefficient (Wildman–Crippen LogP) is 2.39. The highest BCUT2D eigenvalue weighted by Crippen LogP contribution is 2.32. The zero-order chi connectivity index (χ0) is 14.4. The third kappa shape index (κ3) is 1.78. The van der Waals surface area contributed by atoms with Crippen LogP contribution in [-0.2, 0) is 0 Å². The fraction of sp³-hybridized carbons (Fsp3) is 0.125.